The molecule has 0 aromatic heterocycles. The number of carbonyl (C=O) groups is 2. The van der Waals surface area contributed by atoms with Crippen molar-refractivity contribution in [3.63, 3.8) is 0 Å². The van der Waals surface area contributed by atoms with Gasteiger partial charge in [0.1, 0.15) is 19.8 Å². The summed E-state index contributed by atoms with van der Waals surface area (Å²) in [6.07, 6.45) is 32.5. The Morgan fingerprint density at radius 2 is 1.02 bits per heavy atom. The van der Waals surface area contributed by atoms with Crippen molar-refractivity contribution in [2.75, 3.05) is 47.5 Å². The van der Waals surface area contributed by atoms with E-state index in [0.29, 0.717) is 17.4 Å². The predicted octanol–water partition coefficient (Wildman–Crippen LogP) is 10.4. The van der Waals surface area contributed by atoms with Gasteiger partial charge in [0.25, 0.3) is 7.82 Å². The highest BCUT2D eigenvalue weighted by atomic mass is 31.2. The molecule has 0 aromatic carbocycles. The molecule has 0 heterocycles. The third-order valence-corrected chi connectivity index (χ3v) is 9.75. The maximum absolute atomic E-state index is 12.6. The number of unbranched alkanes of at least 4 members (excludes halogenated alkanes) is 21. The van der Waals surface area contributed by atoms with Crippen LogP contribution in [-0.2, 0) is 32.7 Å². The Kier molecular flexibility index (Phi) is 32.7. The predicted molar refractivity (Wildman–Crippen MR) is 204 cm³/mol. The minimum atomic E-state index is -4.61. The molecule has 10 heteroatoms. The number of hydrogen-bond donors (Lipinski definition) is 0. The van der Waals surface area contributed by atoms with Gasteiger partial charge in [0.05, 0.1) is 27.7 Å². The van der Waals surface area contributed by atoms with Crippen molar-refractivity contribution in [2.24, 2.45) is 0 Å². The van der Waals surface area contributed by atoms with Crippen molar-refractivity contribution >= 4 is 19.8 Å². The fourth-order valence-electron chi connectivity index (χ4n) is 5.53. The topological polar surface area (TPSA) is 111 Å². The van der Waals surface area contributed by atoms with Gasteiger partial charge in [0, 0.05) is 12.8 Å². The molecule has 0 aliphatic rings. The monoisotopic (exact) mass is 732 g/mol. The van der Waals surface area contributed by atoms with Crippen LogP contribution in [0, 0.1) is 0 Å². The summed E-state index contributed by atoms with van der Waals surface area (Å²) in [5.74, 6) is -0.839. The second kappa shape index (κ2) is 33.6. The fraction of sp³-hybridized carbons (Fsp3) is 0.900. The number of carbonyl (C=O) groups excluding carboxylic acids is 2. The average molecular weight is 732 g/mol. The van der Waals surface area contributed by atoms with Crippen molar-refractivity contribution in [3.05, 3.63) is 12.2 Å². The van der Waals surface area contributed by atoms with E-state index in [-0.39, 0.29) is 32.0 Å². The smallest absolute Gasteiger partial charge is 0.306 e. The van der Waals surface area contributed by atoms with Gasteiger partial charge in [-0.25, -0.2) is 0 Å². The molecule has 0 saturated heterocycles. The van der Waals surface area contributed by atoms with Gasteiger partial charge in [-0.3, -0.25) is 14.2 Å². The lowest BCUT2D eigenvalue weighted by Crippen LogP contribution is -2.37. The Morgan fingerprint density at radius 1 is 0.600 bits per heavy atom. The van der Waals surface area contributed by atoms with E-state index in [0.717, 1.165) is 44.9 Å². The van der Waals surface area contributed by atoms with Gasteiger partial charge in [-0.1, -0.05) is 142 Å². The third-order valence-electron chi connectivity index (χ3n) is 8.79. The summed E-state index contributed by atoms with van der Waals surface area (Å²) in [6, 6.07) is 0. The van der Waals surface area contributed by atoms with E-state index in [2.05, 4.69) is 26.0 Å². The summed E-state index contributed by atoms with van der Waals surface area (Å²) in [4.78, 5) is 37.3. The van der Waals surface area contributed by atoms with Crippen LogP contribution in [0.4, 0.5) is 0 Å². The van der Waals surface area contributed by atoms with E-state index in [1.54, 1.807) is 0 Å². The number of quaternary nitrogens is 1. The molecular formula is C40H78NO8P. The van der Waals surface area contributed by atoms with Crippen LogP contribution >= 0.6 is 7.82 Å². The number of rotatable bonds is 37. The molecule has 2 unspecified atom stereocenters. The van der Waals surface area contributed by atoms with Gasteiger partial charge in [-0.05, 0) is 38.5 Å². The number of phosphoric ester groups is 1. The third kappa shape index (κ3) is 36.5. The van der Waals surface area contributed by atoms with Crippen molar-refractivity contribution in [2.45, 2.75) is 187 Å². The lowest BCUT2D eigenvalue weighted by atomic mass is 10.1. The fourth-order valence-corrected chi connectivity index (χ4v) is 6.26. The largest absolute Gasteiger partial charge is 0.756 e. The van der Waals surface area contributed by atoms with Crippen LogP contribution < -0.4 is 4.89 Å². The van der Waals surface area contributed by atoms with E-state index in [1.165, 1.54) is 103 Å². The Morgan fingerprint density at radius 3 is 1.48 bits per heavy atom. The minimum Gasteiger partial charge on any atom is -0.756 e. The second-order valence-corrected chi connectivity index (χ2v) is 16.4. The lowest BCUT2D eigenvalue weighted by Gasteiger charge is -2.28. The number of allylic oxidation sites excluding steroid dienone is 2. The molecule has 0 fully saturated rings. The van der Waals surface area contributed by atoms with Crippen LogP contribution in [0.5, 0.6) is 0 Å². The Bertz CT molecular complexity index is 876. The van der Waals surface area contributed by atoms with Crippen LogP contribution in [0.25, 0.3) is 0 Å². The van der Waals surface area contributed by atoms with E-state index in [9.17, 15) is 19.0 Å². The molecule has 0 N–H and O–H groups in total. The first-order chi connectivity index (χ1) is 24.0. The Hall–Kier alpha value is -1.25. The van der Waals surface area contributed by atoms with Crippen LogP contribution in [0.2, 0.25) is 0 Å². The lowest BCUT2D eigenvalue weighted by molar-refractivity contribution is -0.870. The number of hydrogen-bond acceptors (Lipinski definition) is 8. The normalized spacial score (nSPS) is 13.8. The van der Waals surface area contributed by atoms with Gasteiger partial charge in [0.2, 0.25) is 0 Å². The van der Waals surface area contributed by atoms with Crippen molar-refractivity contribution < 1.29 is 42.1 Å². The van der Waals surface area contributed by atoms with Gasteiger partial charge in [-0.2, -0.15) is 0 Å². The van der Waals surface area contributed by atoms with Crippen molar-refractivity contribution in [1.82, 2.24) is 0 Å². The molecule has 9 nitrogen and oxygen atoms in total. The summed E-state index contributed by atoms with van der Waals surface area (Å²) in [5.41, 5.74) is 0. The van der Waals surface area contributed by atoms with Crippen LogP contribution in [-0.4, -0.2) is 70.0 Å². The molecule has 0 aromatic rings. The molecule has 0 amide bonds. The SMILES string of the molecule is CCCCCCCCC/C=C\CCCCCCCCCC(=O)OC(COC(=O)CCCCCCCCCC)COP(=O)([O-])OCC[N+](C)(C)C. The average Bonchev–Trinajstić information content (AvgIpc) is 3.06. The molecule has 296 valence electrons. The van der Waals surface area contributed by atoms with E-state index in [1.807, 2.05) is 21.1 Å². The first kappa shape index (κ1) is 48.8. The van der Waals surface area contributed by atoms with Crippen molar-refractivity contribution in [1.29, 1.82) is 0 Å². The minimum absolute atomic E-state index is 0.0290. The molecule has 2 atom stereocenters. The van der Waals surface area contributed by atoms with Crippen molar-refractivity contribution in [3.8, 4) is 0 Å². The first-order valence-electron chi connectivity index (χ1n) is 20.4. The number of likely N-dealkylation sites (N-methyl/N-ethyl adjacent to an activating group) is 1. The maximum Gasteiger partial charge on any atom is 0.306 e. The molecule has 0 aliphatic heterocycles. The molecule has 0 bridgehead atoms. The van der Waals surface area contributed by atoms with Crippen LogP contribution in [0.1, 0.15) is 181 Å². The zero-order chi connectivity index (χ0) is 37.2. The maximum atomic E-state index is 12.6. The molecular weight excluding hydrogens is 653 g/mol. The Balaban J connectivity index is 4.31. The van der Waals surface area contributed by atoms with E-state index in [4.69, 9.17) is 18.5 Å². The summed E-state index contributed by atoms with van der Waals surface area (Å²) in [6.45, 7) is 4.19. The Labute approximate surface area is 307 Å². The summed E-state index contributed by atoms with van der Waals surface area (Å²) < 4.78 is 33.7. The molecule has 0 radical (unpaired) electrons. The molecule has 0 saturated carbocycles. The van der Waals surface area contributed by atoms with Crippen LogP contribution in [0.15, 0.2) is 12.2 Å². The number of nitrogens with zero attached hydrogens (tertiary/aromatic N) is 1. The van der Waals surface area contributed by atoms with Gasteiger partial charge in [0.15, 0.2) is 6.10 Å². The molecule has 0 aliphatic carbocycles. The number of ether oxygens (including phenoxy) is 2. The van der Waals surface area contributed by atoms with Gasteiger partial charge < -0.3 is 27.9 Å². The summed E-state index contributed by atoms with van der Waals surface area (Å²) in [5, 5.41) is 0. The highest BCUT2D eigenvalue weighted by molar-refractivity contribution is 7.45. The molecule has 0 rings (SSSR count). The zero-order valence-corrected chi connectivity index (χ0v) is 34.0. The van der Waals surface area contributed by atoms with Crippen LogP contribution in [0.3, 0.4) is 0 Å². The molecule has 50 heavy (non-hydrogen) atoms. The summed E-state index contributed by atoms with van der Waals surface area (Å²) in [7, 11) is 1.17. The first-order valence-corrected chi connectivity index (χ1v) is 21.9. The summed E-state index contributed by atoms with van der Waals surface area (Å²) >= 11 is 0. The standard InChI is InChI=1S/C40H78NO8P/c1-6-8-10-12-14-16-17-18-19-20-21-22-23-24-25-27-29-31-33-40(43)49-38(37-48-50(44,45)47-35-34-41(3,4)5)36-46-39(42)32-30-28-26-15-13-11-9-7-2/h19-20,38H,6-18,21-37H2,1-5H3/b20-19-. The quantitative estimate of drug-likeness (QED) is 0.0204. The highest BCUT2D eigenvalue weighted by Crippen LogP contribution is 2.38. The number of esters is 2. The van der Waals surface area contributed by atoms with Gasteiger partial charge >= 0.3 is 11.9 Å². The highest BCUT2D eigenvalue weighted by Gasteiger charge is 2.21. The number of phosphoric acid groups is 1. The van der Waals surface area contributed by atoms with E-state index < -0.39 is 26.5 Å². The van der Waals surface area contributed by atoms with E-state index >= 15 is 0 Å². The second-order valence-electron chi connectivity index (χ2n) is 15.0. The zero-order valence-electron chi connectivity index (χ0n) is 33.1. The van der Waals surface area contributed by atoms with Gasteiger partial charge in [-0.15, -0.1) is 0 Å². The molecule has 0 spiro atoms.